The number of rotatable bonds is 8. The van der Waals surface area contributed by atoms with Crippen molar-refractivity contribution in [1.82, 2.24) is 24.2 Å². The van der Waals surface area contributed by atoms with Crippen LogP contribution < -0.4 is 20.6 Å². The second-order valence-corrected chi connectivity index (χ2v) is 11.3. The average Bonchev–Trinajstić information content (AvgIpc) is 3.11. The molecule has 0 atom stereocenters. The molecule has 0 unspecified atom stereocenters. The number of nitrogens with one attached hydrogen (secondary N) is 1. The zero-order chi connectivity index (χ0) is 26.5. The molecule has 3 aromatic rings. The van der Waals surface area contributed by atoms with Crippen molar-refractivity contribution in [3.05, 3.63) is 76.2 Å². The van der Waals surface area contributed by atoms with Crippen molar-refractivity contribution in [2.45, 2.75) is 32.0 Å². The van der Waals surface area contributed by atoms with Gasteiger partial charge in [0.1, 0.15) is 36.4 Å². The molecule has 0 amide bonds. The molecule has 10 nitrogen and oxygen atoms in total. The van der Waals surface area contributed by atoms with Gasteiger partial charge < -0.3 is 14.8 Å². The van der Waals surface area contributed by atoms with Gasteiger partial charge in [-0.1, -0.05) is 17.7 Å². The van der Waals surface area contributed by atoms with E-state index in [-0.39, 0.29) is 12.7 Å². The number of anilines is 2. The number of fused-ring (bicyclic) bond motifs is 1. The molecule has 0 radical (unpaired) electrons. The first-order chi connectivity index (χ1) is 18.3. The predicted octanol–water partition coefficient (Wildman–Crippen LogP) is 2.53. The van der Waals surface area contributed by atoms with E-state index in [2.05, 4.69) is 25.3 Å². The fourth-order valence-electron chi connectivity index (χ4n) is 4.25. The first kappa shape index (κ1) is 26.1. The molecule has 1 aromatic carbocycles. The molecule has 38 heavy (non-hydrogen) atoms. The van der Waals surface area contributed by atoms with Gasteiger partial charge in [-0.3, -0.25) is 9.97 Å². The van der Waals surface area contributed by atoms with E-state index >= 15 is 0 Å². The SMILES string of the molecule is CS(=O)(=O)N1CCC(OC2=CCC=c3ncnc(Nc4ccc(OCc5cnccn5)c(Cl)c4)c3=C2)CC1. The summed E-state index contributed by atoms with van der Waals surface area (Å²) in [5.41, 5.74) is 1.44. The molecule has 5 rings (SSSR count). The molecule has 1 saturated heterocycles. The summed E-state index contributed by atoms with van der Waals surface area (Å²) in [6.45, 7) is 1.16. The van der Waals surface area contributed by atoms with Gasteiger partial charge in [0.15, 0.2) is 0 Å². The summed E-state index contributed by atoms with van der Waals surface area (Å²) in [7, 11) is -3.18. The Morgan fingerprint density at radius 2 is 1.97 bits per heavy atom. The number of hydrogen-bond donors (Lipinski definition) is 1. The van der Waals surface area contributed by atoms with E-state index in [0.29, 0.717) is 60.4 Å². The standard InChI is InChI=1S/C26H27ClN6O4S/c1-38(34,35)33-11-7-20(8-12-33)37-21-3-2-4-24-22(14-21)26(31-17-30-24)32-18-5-6-25(23(27)13-18)36-16-19-15-28-9-10-29-19/h3-6,9-10,13-15,17,20H,2,7-8,11-12,16H2,1H3,(H,30,31,32). The summed E-state index contributed by atoms with van der Waals surface area (Å²) in [5, 5.41) is 5.36. The molecule has 2 aromatic heterocycles. The highest BCUT2D eigenvalue weighted by molar-refractivity contribution is 7.88. The van der Waals surface area contributed by atoms with E-state index in [9.17, 15) is 8.42 Å². The lowest BCUT2D eigenvalue weighted by atomic mass is 10.1. The van der Waals surface area contributed by atoms with Crippen LogP contribution in [0.5, 0.6) is 5.75 Å². The normalized spacial score (nSPS) is 16.3. The Morgan fingerprint density at radius 3 is 2.71 bits per heavy atom. The largest absolute Gasteiger partial charge is 0.491 e. The molecule has 198 valence electrons. The number of sulfonamides is 1. The minimum absolute atomic E-state index is 0.0636. The Morgan fingerprint density at radius 1 is 1.13 bits per heavy atom. The summed E-state index contributed by atoms with van der Waals surface area (Å²) in [6.07, 6.45) is 15.4. The van der Waals surface area contributed by atoms with Crippen molar-refractivity contribution in [3.8, 4) is 5.75 Å². The zero-order valence-electron chi connectivity index (χ0n) is 20.7. The lowest BCUT2D eigenvalue weighted by Gasteiger charge is -2.30. The summed E-state index contributed by atoms with van der Waals surface area (Å²) in [4.78, 5) is 17.1. The maximum absolute atomic E-state index is 11.8. The van der Waals surface area contributed by atoms with E-state index in [1.54, 1.807) is 30.7 Å². The smallest absolute Gasteiger partial charge is 0.211 e. The third kappa shape index (κ3) is 6.47. The van der Waals surface area contributed by atoms with Gasteiger partial charge in [0.25, 0.3) is 0 Å². The van der Waals surface area contributed by atoms with Crippen molar-refractivity contribution in [2.24, 2.45) is 0 Å². The molecule has 12 heteroatoms. The fraction of sp³-hybridized carbons (Fsp3) is 0.308. The number of nitrogens with zero attached hydrogens (tertiary/aromatic N) is 5. The van der Waals surface area contributed by atoms with Crippen LogP contribution in [-0.4, -0.2) is 58.1 Å². The quantitative estimate of drug-likeness (QED) is 0.448. The van der Waals surface area contributed by atoms with Crippen LogP contribution in [-0.2, 0) is 21.4 Å². The summed E-state index contributed by atoms with van der Waals surface area (Å²) < 4.78 is 37.2. The topological polar surface area (TPSA) is 119 Å². The van der Waals surface area contributed by atoms with Gasteiger partial charge in [0, 0.05) is 36.4 Å². The molecule has 2 aliphatic rings. The number of benzene rings is 1. The monoisotopic (exact) mass is 554 g/mol. The van der Waals surface area contributed by atoms with E-state index in [0.717, 1.165) is 16.3 Å². The van der Waals surface area contributed by atoms with E-state index in [1.807, 2.05) is 24.3 Å². The summed E-state index contributed by atoms with van der Waals surface area (Å²) >= 11 is 6.48. The highest BCUT2D eigenvalue weighted by Gasteiger charge is 2.26. The molecule has 1 N–H and O–H groups in total. The van der Waals surface area contributed by atoms with Gasteiger partial charge in [-0.25, -0.2) is 22.7 Å². The lowest BCUT2D eigenvalue weighted by Crippen LogP contribution is -2.40. The van der Waals surface area contributed by atoms with Crippen LogP contribution in [0.2, 0.25) is 5.02 Å². The van der Waals surface area contributed by atoms with E-state index < -0.39 is 10.0 Å². The second kappa shape index (κ2) is 11.5. The van der Waals surface area contributed by atoms with Gasteiger partial charge in [-0.2, -0.15) is 0 Å². The molecular formula is C26H27ClN6O4S. The van der Waals surface area contributed by atoms with Gasteiger partial charge in [0.2, 0.25) is 10.0 Å². The number of piperidine rings is 1. The Balaban J connectivity index is 1.30. The highest BCUT2D eigenvalue weighted by atomic mass is 35.5. The molecule has 0 saturated carbocycles. The molecule has 1 fully saturated rings. The molecule has 1 aliphatic heterocycles. The predicted molar refractivity (Wildman–Crippen MR) is 145 cm³/mol. The summed E-state index contributed by atoms with van der Waals surface area (Å²) in [5.74, 6) is 1.85. The molecule has 0 spiro atoms. The van der Waals surface area contributed by atoms with Gasteiger partial charge in [-0.15, -0.1) is 0 Å². The van der Waals surface area contributed by atoms with Crippen molar-refractivity contribution < 1.29 is 17.9 Å². The number of allylic oxidation sites excluding steroid dienone is 2. The third-order valence-electron chi connectivity index (χ3n) is 6.19. The summed E-state index contributed by atoms with van der Waals surface area (Å²) in [6, 6.07) is 5.41. The molecule has 0 bridgehead atoms. The van der Waals surface area contributed by atoms with Crippen LogP contribution in [0.3, 0.4) is 0 Å². The number of hydrogen-bond acceptors (Lipinski definition) is 9. The van der Waals surface area contributed by atoms with Gasteiger partial charge in [-0.05, 0) is 49.6 Å². The van der Waals surface area contributed by atoms with Crippen LogP contribution in [0.15, 0.2) is 55.0 Å². The van der Waals surface area contributed by atoms with Crippen LogP contribution in [0, 0.1) is 0 Å². The van der Waals surface area contributed by atoms with Crippen LogP contribution >= 0.6 is 11.6 Å². The van der Waals surface area contributed by atoms with Gasteiger partial charge >= 0.3 is 0 Å². The van der Waals surface area contributed by atoms with Crippen LogP contribution in [0.25, 0.3) is 12.2 Å². The van der Waals surface area contributed by atoms with Crippen molar-refractivity contribution in [3.63, 3.8) is 0 Å². The van der Waals surface area contributed by atoms with E-state index in [4.69, 9.17) is 21.1 Å². The maximum Gasteiger partial charge on any atom is 0.211 e. The van der Waals surface area contributed by atoms with Crippen LogP contribution in [0.1, 0.15) is 25.0 Å². The first-order valence-electron chi connectivity index (χ1n) is 12.1. The number of halogens is 1. The van der Waals surface area contributed by atoms with E-state index in [1.165, 1.54) is 16.9 Å². The second-order valence-electron chi connectivity index (χ2n) is 8.95. The van der Waals surface area contributed by atoms with Crippen molar-refractivity contribution in [2.75, 3.05) is 24.7 Å². The Kier molecular flexibility index (Phi) is 7.87. The zero-order valence-corrected chi connectivity index (χ0v) is 22.3. The van der Waals surface area contributed by atoms with Crippen molar-refractivity contribution >= 4 is 45.3 Å². The van der Waals surface area contributed by atoms with Gasteiger partial charge in [0.05, 0.1) is 28.5 Å². The minimum Gasteiger partial charge on any atom is -0.491 e. The average molecular weight is 555 g/mol. The molecule has 1 aliphatic carbocycles. The fourth-order valence-corrected chi connectivity index (χ4v) is 5.36. The Labute approximate surface area is 225 Å². The van der Waals surface area contributed by atoms with Crippen LogP contribution in [0.4, 0.5) is 11.5 Å². The lowest BCUT2D eigenvalue weighted by molar-refractivity contribution is 0.0806. The van der Waals surface area contributed by atoms with Crippen molar-refractivity contribution in [1.29, 1.82) is 0 Å². The first-order valence-corrected chi connectivity index (χ1v) is 14.4. The maximum atomic E-state index is 11.8. The Hall–Kier alpha value is -3.54. The Bertz CT molecular complexity index is 1560. The minimum atomic E-state index is -3.18. The molecule has 3 heterocycles. The third-order valence-corrected chi connectivity index (χ3v) is 7.79. The highest BCUT2D eigenvalue weighted by Crippen LogP contribution is 2.29. The molecular weight excluding hydrogens is 528 g/mol. The number of aromatic nitrogens is 4. The number of ether oxygens (including phenoxy) is 2.